The van der Waals surface area contributed by atoms with Crippen molar-refractivity contribution in [3.63, 3.8) is 0 Å². The van der Waals surface area contributed by atoms with Crippen molar-refractivity contribution in [2.45, 2.75) is 41.0 Å². The Balaban J connectivity index is 2.30. The number of Topliss-reactive ketones (excluding diaryl/α,β-unsaturated/α-hetero) is 1. The Kier molecular flexibility index (Phi) is 7.37. The van der Waals surface area contributed by atoms with E-state index < -0.39 is 5.97 Å². The van der Waals surface area contributed by atoms with Crippen LogP contribution in [0.25, 0.3) is 0 Å². The molecule has 0 spiro atoms. The van der Waals surface area contributed by atoms with Crippen molar-refractivity contribution in [2.75, 3.05) is 20.2 Å². The van der Waals surface area contributed by atoms with Crippen molar-refractivity contribution < 1.29 is 19.1 Å². The first-order valence-electron chi connectivity index (χ1n) is 9.82. The van der Waals surface area contributed by atoms with Gasteiger partial charge in [0.25, 0.3) is 5.91 Å². The molecular weight excluding hydrogens is 368 g/mol. The third-order valence-corrected chi connectivity index (χ3v) is 5.00. The van der Waals surface area contributed by atoms with Gasteiger partial charge in [-0.05, 0) is 50.8 Å². The van der Waals surface area contributed by atoms with E-state index in [9.17, 15) is 14.4 Å². The first kappa shape index (κ1) is 22.4. The molecule has 0 saturated heterocycles. The highest BCUT2D eigenvalue weighted by molar-refractivity contribution is 6.05. The normalized spacial score (nSPS) is 10.9. The van der Waals surface area contributed by atoms with Crippen molar-refractivity contribution in [1.29, 1.82) is 0 Å². The number of ether oxygens (including phenoxy) is 1. The molecule has 0 aliphatic rings. The highest BCUT2D eigenvalue weighted by Crippen LogP contribution is 2.20. The molecule has 1 aromatic heterocycles. The summed E-state index contributed by atoms with van der Waals surface area (Å²) in [6, 6.07) is 7.34. The summed E-state index contributed by atoms with van der Waals surface area (Å²) in [5.41, 5.74) is 3.49. The zero-order valence-electron chi connectivity index (χ0n) is 18.1. The average Bonchev–Trinajstić information content (AvgIpc) is 2.98. The zero-order chi connectivity index (χ0) is 21.7. The van der Waals surface area contributed by atoms with Crippen molar-refractivity contribution in [3.8, 4) is 0 Å². The van der Waals surface area contributed by atoms with Crippen LogP contribution in [0.15, 0.2) is 24.3 Å². The molecule has 2 aromatic rings. The van der Waals surface area contributed by atoms with Gasteiger partial charge in [0.1, 0.15) is 5.69 Å². The molecule has 1 amide bonds. The van der Waals surface area contributed by atoms with Gasteiger partial charge >= 0.3 is 5.97 Å². The van der Waals surface area contributed by atoms with E-state index >= 15 is 0 Å². The molecule has 0 bridgehead atoms. The maximum atomic E-state index is 13.1. The molecule has 1 aromatic carbocycles. The van der Waals surface area contributed by atoms with Crippen molar-refractivity contribution in [3.05, 3.63) is 57.9 Å². The number of methoxy groups -OCH3 is 1. The van der Waals surface area contributed by atoms with Gasteiger partial charge in [0.2, 0.25) is 0 Å². The third-order valence-electron chi connectivity index (χ3n) is 5.00. The lowest BCUT2D eigenvalue weighted by atomic mass is 10.0. The standard InChI is InChI=1S/C23H30N2O4/c1-14(2)11-12-25(22(27)18-9-7-15(3)8-10-18)13-19(26)20-16(4)21(23(28)29-6)24-17(20)5/h7-10,14,24H,11-13H2,1-6H3. The van der Waals surface area contributed by atoms with Crippen molar-refractivity contribution in [1.82, 2.24) is 9.88 Å². The summed E-state index contributed by atoms with van der Waals surface area (Å²) >= 11 is 0. The number of hydrogen-bond acceptors (Lipinski definition) is 4. The fourth-order valence-corrected chi connectivity index (χ4v) is 3.27. The SMILES string of the molecule is COC(=O)c1[nH]c(C)c(C(=O)CN(CCC(C)C)C(=O)c2ccc(C)cc2)c1C. The van der Waals surface area contributed by atoms with E-state index in [1.165, 1.54) is 7.11 Å². The smallest absolute Gasteiger partial charge is 0.354 e. The van der Waals surface area contributed by atoms with Crippen LogP contribution in [0, 0.1) is 26.7 Å². The summed E-state index contributed by atoms with van der Waals surface area (Å²) < 4.78 is 4.77. The van der Waals surface area contributed by atoms with E-state index in [4.69, 9.17) is 4.74 Å². The number of carbonyl (C=O) groups is 3. The monoisotopic (exact) mass is 398 g/mol. The van der Waals surface area contributed by atoms with Crippen LogP contribution in [-0.2, 0) is 4.74 Å². The van der Waals surface area contributed by atoms with Gasteiger partial charge in [0, 0.05) is 23.4 Å². The van der Waals surface area contributed by atoms with Gasteiger partial charge in [-0.1, -0.05) is 31.5 Å². The summed E-state index contributed by atoms with van der Waals surface area (Å²) in [6.45, 7) is 10.0. The number of ketones is 1. The number of hydrogen-bond donors (Lipinski definition) is 1. The average molecular weight is 399 g/mol. The lowest BCUT2D eigenvalue weighted by Crippen LogP contribution is -2.37. The van der Waals surface area contributed by atoms with Crippen LogP contribution in [0.1, 0.15) is 68.3 Å². The van der Waals surface area contributed by atoms with E-state index in [-0.39, 0.29) is 23.9 Å². The van der Waals surface area contributed by atoms with Crippen molar-refractivity contribution in [2.24, 2.45) is 5.92 Å². The minimum Gasteiger partial charge on any atom is -0.464 e. The second-order valence-electron chi connectivity index (χ2n) is 7.82. The fraction of sp³-hybridized carbons (Fsp3) is 0.435. The van der Waals surface area contributed by atoms with Crippen LogP contribution in [0.3, 0.4) is 0 Å². The predicted octanol–water partition coefficient (Wildman–Crippen LogP) is 4.10. The molecule has 6 nitrogen and oxygen atoms in total. The number of amides is 1. The third kappa shape index (κ3) is 5.34. The Bertz CT molecular complexity index is 894. The molecule has 6 heteroatoms. The number of nitrogens with one attached hydrogen (secondary N) is 1. The van der Waals surface area contributed by atoms with Gasteiger partial charge in [0.05, 0.1) is 13.7 Å². The van der Waals surface area contributed by atoms with E-state index in [0.717, 1.165) is 12.0 Å². The van der Waals surface area contributed by atoms with Gasteiger partial charge < -0.3 is 14.6 Å². The number of aromatic nitrogens is 1. The van der Waals surface area contributed by atoms with E-state index in [2.05, 4.69) is 18.8 Å². The molecule has 1 heterocycles. The van der Waals surface area contributed by atoms with Gasteiger partial charge in [-0.15, -0.1) is 0 Å². The van der Waals surface area contributed by atoms with E-state index in [1.54, 1.807) is 30.9 Å². The number of rotatable bonds is 8. The summed E-state index contributed by atoms with van der Waals surface area (Å²) in [5, 5.41) is 0. The molecule has 0 aliphatic heterocycles. The largest absolute Gasteiger partial charge is 0.464 e. The van der Waals surface area contributed by atoms with Crippen LogP contribution in [0.2, 0.25) is 0 Å². The molecular formula is C23H30N2O4. The maximum Gasteiger partial charge on any atom is 0.354 e. The highest BCUT2D eigenvalue weighted by atomic mass is 16.5. The van der Waals surface area contributed by atoms with Gasteiger partial charge in [-0.2, -0.15) is 0 Å². The molecule has 0 fully saturated rings. The molecule has 2 rings (SSSR count). The van der Waals surface area contributed by atoms with E-state index in [1.807, 2.05) is 19.1 Å². The summed E-state index contributed by atoms with van der Waals surface area (Å²) in [6.07, 6.45) is 0.795. The lowest BCUT2D eigenvalue weighted by molar-refractivity contribution is 0.0593. The first-order chi connectivity index (χ1) is 13.6. The Labute approximate surface area is 172 Å². The number of benzene rings is 1. The molecule has 0 aliphatic carbocycles. The van der Waals surface area contributed by atoms with Gasteiger partial charge in [-0.25, -0.2) is 4.79 Å². The first-order valence-corrected chi connectivity index (χ1v) is 9.82. The van der Waals surface area contributed by atoms with Crippen LogP contribution >= 0.6 is 0 Å². The van der Waals surface area contributed by atoms with Crippen LogP contribution < -0.4 is 0 Å². The molecule has 156 valence electrons. The van der Waals surface area contributed by atoms with E-state index in [0.29, 0.717) is 34.8 Å². The lowest BCUT2D eigenvalue weighted by Gasteiger charge is -2.23. The zero-order valence-corrected chi connectivity index (χ0v) is 18.1. The minimum absolute atomic E-state index is 0.0421. The minimum atomic E-state index is -0.517. The topological polar surface area (TPSA) is 79.5 Å². The number of aryl methyl sites for hydroxylation is 2. The highest BCUT2D eigenvalue weighted by Gasteiger charge is 2.26. The summed E-state index contributed by atoms with van der Waals surface area (Å²) in [7, 11) is 1.30. The second kappa shape index (κ2) is 9.54. The van der Waals surface area contributed by atoms with Crippen molar-refractivity contribution >= 4 is 17.7 Å². The summed E-state index contributed by atoms with van der Waals surface area (Å²) in [4.78, 5) is 42.6. The van der Waals surface area contributed by atoms with Crippen LogP contribution in [0.4, 0.5) is 0 Å². The summed E-state index contributed by atoms with van der Waals surface area (Å²) in [5.74, 6) is -0.481. The molecule has 0 saturated carbocycles. The molecule has 1 N–H and O–H groups in total. The number of esters is 1. The molecule has 0 unspecified atom stereocenters. The number of carbonyl (C=O) groups excluding carboxylic acids is 3. The molecule has 0 atom stereocenters. The second-order valence-corrected chi connectivity index (χ2v) is 7.82. The van der Waals surface area contributed by atoms with Gasteiger partial charge in [0.15, 0.2) is 5.78 Å². The Hall–Kier alpha value is -2.89. The Morgan fingerprint density at radius 1 is 1.07 bits per heavy atom. The Morgan fingerprint density at radius 2 is 1.69 bits per heavy atom. The fourth-order valence-electron chi connectivity index (χ4n) is 3.27. The quantitative estimate of drug-likeness (QED) is 0.536. The predicted molar refractivity (Wildman–Crippen MR) is 112 cm³/mol. The Morgan fingerprint density at radius 3 is 2.24 bits per heavy atom. The molecule has 29 heavy (non-hydrogen) atoms. The number of aromatic amines is 1. The maximum absolute atomic E-state index is 13.1. The number of nitrogens with zero attached hydrogens (tertiary/aromatic N) is 1. The van der Waals surface area contributed by atoms with Crippen LogP contribution in [0.5, 0.6) is 0 Å². The van der Waals surface area contributed by atoms with Crippen LogP contribution in [-0.4, -0.2) is 47.7 Å². The van der Waals surface area contributed by atoms with Gasteiger partial charge in [-0.3, -0.25) is 9.59 Å². The number of H-pyrrole nitrogens is 1. The molecule has 0 radical (unpaired) electrons.